The molecule has 0 radical (unpaired) electrons. The maximum absolute atomic E-state index is 5.86. The van der Waals surface area contributed by atoms with Crippen LogP contribution in [0.15, 0.2) is 152 Å². The van der Waals surface area contributed by atoms with Crippen molar-refractivity contribution < 1.29 is 24.2 Å². The summed E-state index contributed by atoms with van der Waals surface area (Å²) in [5.74, 6) is 0. The fourth-order valence-electron chi connectivity index (χ4n) is 5.34. The third kappa shape index (κ3) is 5.98. The van der Waals surface area contributed by atoms with E-state index >= 15 is 0 Å². The van der Waals surface area contributed by atoms with E-state index in [-0.39, 0.29) is 0 Å². The van der Waals surface area contributed by atoms with Gasteiger partial charge in [0.2, 0.25) is 0 Å². The van der Waals surface area contributed by atoms with Crippen LogP contribution >= 0.6 is 11.6 Å². The van der Waals surface area contributed by atoms with Crippen molar-refractivity contribution in [1.82, 2.24) is 0 Å². The fraction of sp³-hybridized carbons (Fsp3) is 0.0256. The number of halogens is 1. The van der Waals surface area contributed by atoms with E-state index in [1.807, 2.05) is 30.4 Å². The van der Waals surface area contributed by atoms with Crippen molar-refractivity contribution in [3.63, 3.8) is 0 Å². The van der Waals surface area contributed by atoms with E-state index in [0.29, 0.717) is 0 Å². The second kappa shape index (κ2) is 12.8. The van der Waals surface area contributed by atoms with Gasteiger partial charge < -0.3 is 0 Å². The minimum Gasteiger partial charge on any atom is -0.273 e. The minimum absolute atomic E-state index is 0.787. The Hall–Kier alpha value is -3.77. The van der Waals surface area contributed by atoms with Gasteiger partial charge in [0.25, 0.3) is 0 Å². The number of fused-ring (bicyclic) bond motifs is 8. The molecule has 0 amide bonds. The van der Waals surface area contributed by atoms with Crippen LogP contribution in [0.5, 0.6) is 0 Å². The van der Waals surface area contributed by atoms with E-state index in [1.54, 1.807) is 0 Å². The molecule has 41 heavy (non-hydrogen) atoms. The Morgan fingerprint density at radius 1 is 0.610 bits per heavy atom. The third-order valence-corrected chi connectivity index (χ3v) is 8.96. The minimum atomic E-state index is 0.787. The molecule has 0 atom stereocenters. The Kier molecular flexibility index (Phi) is 8.57. The van der Waals surface area contributed by atoms with Gasteiger partial charge in [0.15, 0.2) is 0 Å². The standard InChI is InChI=1S/C21H13.C13H9Cl.C5H5.Zr/c1-2-8-15-14(7-1)13-20-18-11-4-3-9-16(18)17-10-5-6-12-19(17)21(15)20;14-13-8-6-12(7-9-13)10-11-4-2-1-3-5-11;1-2-4-5-3-1;/h1-13H;1-9H;1-3H,4H2;/q-1;;-1;+2. The molecule has 0 heterocycles. The summed E-state index contributed by atoms with van der Waals surface area (Å²) in [6.07, 6.45) is 10.0. The molecule has 0 bridgehead atoms. The molecule has 1 aliphatic carbocycles. The molecule has 0 N–H and O–H groups in total. The Bertz CT molecular complexity index is 2020. The molecule has 0 spiro atoms. The maximum atomic E-state index is 5.86. The Morgan fingerprint density at radius 3 is 1.80 bits per heavy atom. The zero-order valence-corrected chi connectivity index (χ0v) is 25.7. The number of allylic oxidation sites excluding steroid dienone is 4. The molecule has 0 nitrogen and oxygen atoms in total. The van der Waals surface area contributed by atoms with Crippen LogP contribution in [0.3, 0.4) is 0 Å². The second-order valence-corrected chi connectivity index (χ2v) is 11.5. The normalized spacial score (nSPS) is 11.9. The molecular weight excluding hydrogens is 595 g/mol. The summed E-state index contributed by atoms with van der Waals surface area (Å²) in [4.78, 5) is 0. The largest absolute Gasteiger partial charge is 0.273 e. The summed E-state index contributed by atoms with van der Waals surface area (Å²) in [7, 11) is 0. The van der Waals surface area contributed by atoms with Gasteiger partial charge in [-0.3, -0.25) is 6.08 Å². The summed E-state index contributed by atoms with van der Waals surface area (Å²) in [6, 6.07) is 47.0. The third-order valence-electron chi connectivity index (χ3n) is 7.28. The number of hydrogen-bond donors (Lipinski definition) is 0. The van der Waals surface area contributed by atoms with E-state index in [0.717, 1.165) is 11.4 Å². The predicted octanol–water partition coefficient (Wildman–Crippen LogP) is 10.8. The number of rotatable bonds is 2. The molecule has 2 heteroatoms. The van der Waals surface area contributed by atoms with E-state index in [2.05, 4.69) is 127 Å². The van der Waals surface area contributed by atoms with Crippen molar-refractivity contribution in [1.29, 1.82) is 0 Å². The van der Waals surface area contributed by atoms with Crippen LogP contribution in [0.25, 0.3) is 43.1 Å². The summed E-state index contributed by atoms with van der Waals surface area (Å²) >= 11 is 7.28. The molecule has 0 saturated heterocycles. The topological polar surface area (TPSA) is 0 Å². The zero-order valence-electron chi connectivity index (χ0n) is 22.5. The molecule has 0 aliphatic heterocycles. The van der Waals surface area contributed by atoms with Gasteiger partial charge in [0.1, 0.15) is 0 Å². The van der Waals surface area contributed by atoms with Gasteiger partial charge in [-0.1, -0.05) is 77.5 Å². The van der Waals surface area contributed by atoms with Crippen LogP contribution in [-0.2, 0) is 24.2 Å². The van der Waals surface area contributed by atoms with Gasteiger partial charge >= 0.3 is 110 Å². The van der Waals surface area contributed by atoms with Gasteiger partial charge in [-0.25, -0.2) is 12.2 Å². The van der Waals surface area contributed by atoms with E-state index in [4.69, 9.17) is 11.6 Å². The van der Waals surface area contributed by atoms with E-state index in [9.17, 15) is 0 Å². The smallest absolute Gasteiger partial charge is 0.0255 e. The Morgan fingerprint density at radius 2 is 1.17 bits per heavy atom. The summed E-state index contributed by atoms with van der Waals surface area (Å²) in [5, 5.41) is 11.6. The van der Waals surface area contributed by atoms with Crippen molar-refractivity contribution in [2.75, 3.05) is 0 Å². The Labute approximate surface area is 260 Å². The van der Waals surface area contributed by atoms with Crippen LogP contribution < -0.4 is 0 Å². The van der Waals surface area contributed by atoms with Crippen molar-refractivity contribution >= 4 is 57.9 Å². The first-order valence-corrected chi connectivity index (χ1v) is 15.3. The van der Waals surface area contributed by atoms with Crippen molar-refractivity contribution in [3.05, 3.63) is 174 Å². The maximum Gasteiger partial charge on any atom is -0.0255 e. The molecule has 7 aromatic carbocycles. The summed E-state index contributed by atoms with van der Waals surface area (Å²) < 4.78 is 1.36. The molecule has 0 saturated carbocycles. The Balaban J connectivity index is 0.000000132. The number of hydrogen-bond acceptors (Lipinski definition) is 0. The molecule has 7 aromatic rings. The molecule has 0 aromatic heterocycles. The van der Waals surface area contributed by atoms with Gasteiger partial charge in [0.05, 0.1) is 0 Å². The van der Waals surface area contributed by atoms with Crippen molar-refractivity contribution in [2.45, 2.75) is 6.42 Å². The SMILES string of the molecule is Clc1ccc([C](=[Zr+2])c2ccccc2)cc1.[C-]1=CC=CC1.c1ccc2c(c1)[cH-]c1c3ccccc3c3ccccc3c21. The zero-order chi connectivity index (χ0) is 28.0. The van der Waals surface area contributed by atoms with Gasteiger partial charge in [-0.2, -0.15) is 6.08 Å². The molecule has 0 unspecified atom stereocenters. The monoisotopic (exact) mass is 620 g/mol. The van der Waals surface area contributed by atoms with Crippen LogP contribution in [0.1, 0.15) is 17.5 Å². The van der Waals surface area contributed by atoms with Crippen LogP contribution in [0, 0.1) is 6.08 Å². The average molecular weight is 622 g/mol. The molecule has 8 rings (SSSR count). The first kappa shape index (κ1) is 27.4. The van der Waals surface area contributed by atoms with Crippen LogP contribution in [0.2, 0.25) is 5.02 Å². The van der Waals surface area contributed by atoms with E-state index < -0.39 is 0 Å². The van der Waals surface area contributed by atoms with Crippen LogP contribution in [0.4, 0.5) is 0 Å². The van der Waals surface area contributed by atoms with Crippen molar-refractivity contribution in [3.8, 4) is 0 Å². The number of benzene rings is 6. The fourth-order valence-corrected chi connectivity index (χ4v) is 6.29. The van der Waals surface area contributed by atoms with Crippen molar-refractivity contribution in [2.24, 2.45) is 0 Å². The average Bonchev–Trinajstić information content (AvgIpc) is 3.75. The first-order chi connectivity index (χ1) is 20.2. The van der Waals surface area contributed by atoms with Gasteiger partial charge in [-0.05, 0) is 10.8 Å². The molecule has 1 aliphatic rings. The summed E-state index contributed by atoms with van der Waals surface area (Å²) in [6.45, 7) is 0. The predicted molar refractivity (Wildman–Crippen MR) is 175 cm³/mol. The first-order valence-electron chi connectivity index (χ1n) is 13.7. The quantitative estimate of drug-likeness (QED) is 0.133. The van der Waals surface area contributed by atoms with E-state index in [1.165, 1.54) is 81.7 Å². The molecular formula is C39H27ClZr. The second-order valence-electron chi connectivity index (χ2n) is 9.86. The van der Waals surface area contributed by atoms with Gasteiger partial charge in [-0.15, -0.1) is 40.1 Å². The van der Waals surface area contributed by atoms with Gasteiger partial charge in [0, 0.05) is 0 Å². The molecule has 194 valence electrons. The van der Waals surface area contributed by atoms with Crippen LogP contribution in [-0.4, -0.2) is 3.21 Å². The summed E-state index contributed by atoms with van der Waals surface area (Å²) in [5.41, 5.74) is 2.54. The molecule has 0 fully saturated rings.